The molecule has 0 aromatic rings. The molecule has 0 heterocycles. The second-order valence-corrected chi connectivity index (χ2v) is 20.3. The van der Waals surface area contributed by atoms with Gasteiger partial charge in [-0.1, -0.05) is 251 Å². The Morgan fingerprint density at radius 1 is 0.453 bits per heavy atom. The molecule has 64 heavy (non-hydrogen) atoms. The van der Waals surface area contributed by atoms with E-state index in [1.807, 2.05) is 0 Å². The van der Waals surface area contributed by atoms with Crippen LogP contribution in [0.5, 0.6) is 0 Å². The van der Waals surface area contributed by atoms with E-state index in [1.165, 1.54) is 205 Å². The predicted octanol–water partition coefficient (Wildman–Crippen LogP) is 16.9. The van der Waals surface area contributed by atoms with Gasteiger partial charge in [-0.2, -0.15) is 0 Å². The highest BCUT2D eigenvalue weighted by Gasteiger charge is 2.26. The molecule has 380 valence electrons. The average Bonchev–Trinajstić information content (AvgIpc) is 3.28. The minimum atomic E-state index is -4.38. The minimum Gasteiger partial charge on any atom is -0.462 e. The third-order valence-electron chi connectivity index (χ3n) is 12.4. The lowest BCUT2D eigenvalue weighted by molar-refractivity contribution is -0.161. The summed E-state index contributed by atoms with van der Waals surface area (Å²) >= 11 is 0. The number of phosphoric ester groups is 1. The lowest BCUT2D eigenvalue weighted by atomic mass is 10.0. The molecule has 2 atom stereocenters. The predicted molar refractivity (Wildman–Crippen MR) is 271 cm³/mol. The van der Waals surface area contributed by atoms with Gasteiger partial charge in [-0.15, -0.1) is 0 Å². The van der Waals surface area contributed by atoms with Crippen molar-refractivity contribution in [3.63, 3.8) is 0 Å². The fourth-order valence-corrected chi connectivity index (χ4v) is 9.05. The summed E-state index contributed by atoms with van der Waals surface area (Å²) in [6, 6.07) is 0. The molecule has 0 aromatic heterocycles. The molecule has 0 bridgehead atoms. The highest BCUT2D eigenvalue weighted by atomic mass is 31.2. The van der Waals surface area contributed by atoms with Crippen molar-refractivity contribution >= 4 is 19.8 Å². The van der Waals surface area contributed by atoms with Crippen molar-refractivity contribution < 1.29 is 37.6 Å². The van der Waals surface area contributed by atoms with Crippen LogP contribution in [-0.4, -0.2) is 49.3 Å². The van der Waals surface area contributed by atoms with E-state index >= 15 is 0 Å². The number of nitrogens with two attached hydrogens (primary N) is 1. The second-order valence-electron chi connectivity index (χ2n) is 18.8. The summed E-state index contributed by atoms with van der Waals surface area (Å²) in [4.78, 5) is 35.0. The highest BCUT2D eigenvalue weighted by Crippen LogP contribution is 2.43. The van der Waals surface area contributed by atoms with Crippen LogP contribution < -0.4 is 5.73 Å². The van der Waals surface area contributed by atoms with Crippen LogP contribution >= 0.6 is 7.82 Å². The molecule has 0 saturated heterocycles. The number of hydrogen-bond acceptors (Lipinski definition) is 8. The largest absolute Gasteiger partial charge is 0.472 e. The van der Waals surface area contributed by atoms with E-state index in [-0.39, 0.29) is 38.6 Å². The van der Waals surface area contributed by atoms with Crippen molar-refractivity contribution in [1.82, 2.24) is 0 Å². The van der Waals surface area contributed by atoms with Gasteiger partial charge in [-0.3, -0.25) is 18.6 Å². The van der Waals surface area contributed by atoms with Crippen LogP contribution in [0.2, 0.25) is 0 Å². The number of allylic oxidation sites excluding steroid dienone is 2. The first-order valence-electron chi connectivity index (χ1n) is 27.7. The van der Waals surface area contributed by atoms with Gasteiger partial charge in [0.2, 0.25) is 0 Å². The van der Waals surface area contributed by atoms with Crippen LogP contribution in [0.25, 0.3) is 0 Å². The summed E-state index contributed by atoms with van der Waals surface area (Å²) in [5.74, 6) is -0.822. The van der Waals surface area contributed by atoms with E-state index in [4.69, 9.17) is 24.3 Å². The lowest BCUT2D eigenvalue weighted by Gasteiger charge is -2.19. The van der Waals surface area contributed by atoms with Gasteiger partial charge in [0.05, 0.1) is 13.2 Å². The summed E-state index contributed by atoms with van der Waals surface area (Å²) in [7, 11) is -4.38. The van der Waals surface area contributed by atoms with Crippen LogP contribution in [0.15, 0.2) is 12.2 Å². The molecule has 3 N–H and O–H groups in total. The molecule has 9 nitrogen and oxygen atoms in total. The summed E-state index contributed by atoms with van der Waals surface area (Å²) < 4.78 is 32.9. The van der Waals surface area contributed by atoms with Crippen LogP contribution in [0, 0.1) is 0 Å². The van der Waals surface area contributed by atoms with Crippen molar-refractivity contribution in [2.45, 2.75) is 296 Å². The minimum absolute atomic E-state index is 0.0551. The molecule has 0 saturated carbocycles. The van der Waals surface area contributed by atoms with Crippen molar-refractivity contribution in [2.24, 2.45) is 5.73 Å². The quantitative estimate of drug-likeness (QED) is 0.0265. The Labute approximate surface area is 396 Å². The maximum Gasteiger partial charge on any atom is 0.472 e. The number of esters is 2. The number of carbonyl (C=O) groups is 2. The van der Waals surface area contributed by atoms with E-state index < -0.39 is 26.5 Å². The van der Waals surface area contributed by atoms with E-state index in [2.05, 4.69) is 26.0 Å². The zero-order valence-corrected chi connectivity index (χ0v) is 43.2. The van der Waals surface area contributed by atoms with Gasteiger partial charge in [0, 0.05) is 19.4 Å². The molecule has 0 aliphatic heterocycles. The SMILES string of the molecule is CCCCCCC/C=C\CCCCCCCC(=O)OC(COC(=O)CCCCCCCCCCCCCCCCCCCCCCCCCCCCCCC)COP(=O)(O)OCCN. The molecular weight excluding hydrogens is 822 g/mol. The molecule has 10 heteroatoms. The van der Waals surface area contributed by atoms with E-state index in [0.717, 1.165) is 51.4 Å². The van der Waals surface area contributed by atoms with Gasteiger partial charge in [0.1, 0.15) is 6.61 Å². The maximum absolute atomic E-state index is 12.6. The Balaban J connectivity index is 3.85. The van der Waals surface area contributed by atoms with Gasteiger partial charge in [0.25, 0.3) is 0 Å². The zero-order chi connectivity index (χ0) is 46.7. The smallest absolute Gasteiger partial charge is 0.462 e. The number of hydrogen-bond donors (Lipinski definition) is 2. The Hall–Kier alpha value is -1.25. The summed E-state index contributed by atoms with van der Waals surface area (Å²) in [6.45, 7) is 3.77. The number of unbranched alkanes of at least 4 members (excludes halogenated alkanes) is 38. The Morgan fingerprint density at radius 2 is 0.766 bits per heavy atom. The van der Waals surface area contributed by atoms with Crippen LogP contribution in [-0.2, 0) is 32.7 Å². The fraction of sp³-hybridized carbons (Fsp3) is 0.926. The molecule has 0 amide bonds. The average molecular weight is 928 g/mol. The first-order valence-corrected chi connectivity index (χ1v) is 29.2. The maximum atomic E-state index is 12.6. The van der Waals surface area contributed by atoms with E-state index in [0.29, 0.717) is 6.42 Å². The molecule has 2 unspecified atom stereocenters. The van der Waals surface area contributed by atoms with Gasteiger partial charge >= 0.3 is 19.8 Å². The van der Waals surface area contributed by atoms with Gasteiger partial charge in [-0.05, 0) is 38.5 Å². The number of ether oxygens (including phenoxy) is 2. The molecule has 0 aliphatic carbocycles. The zero-order valence-electron chi connectivity index (χ0n) is 42.3. The Kier molecular flexibility index (Phi) is 50.1. The van der Waals surface area contributed by atoms with Gasteiger partial charge in [-0.25, -0.2) is 4.57 Å². The van der Waals surface area contributed by atoms with Gasteiger partial charge in [0.15, 0.2) is 6.10 Å². The monoisotopic (exact) mass is 928 g/mol. The van der Waals surface area contributed by atoms with E-state index in [9.17, 15) is 19.0 Å². The number of phosphoric acid groups is 1. The molecule has 0 radical (unpaired) electrons. The first kappa shape index (κ1) is 62.8. The Bertz CT molecular complexity index is 1060. The summed E-state index contributed by atoms with van der Waals surface area (Å²) in [5.41, 5.74) is 5.37. The van der Waals surface area contributed by atoms with E-state index in [1.54, 1.807) is 0 Å². The summed E-state index contributed by atoms with van der Waals surface area (Å²) in [6.07, 6.45) is 57.1. The molecule has 0 aliphatic rings. The third-order valence-corrected chi connectivity index (χ3v) is 13.4. The first-order chi connectivity index (χ1) is 31.3. The molecule has 0 aromatic carbocycles. The lowest BCUT2D eigenvalue weighted by Crippen LogP contribution is -2.29. The third kappa shape index (κ3) is 50.2. The van der Waals surface area contributed by atoms with Crippen molar-refractivity contribution in [3.8, 4) is 0 Å². The number of carbonyl (C=O) groups excluding carboxylic acids is 2. The van der Waals surface area contributed by atoms with Gasteiger partial charge < -0.3 is 20.1 Å². The van der Waals surface area contributed by atoms with Crippen molar-refractivity contribution in [2.75, 3.05) is 26.4 Å². The topological polar surface area (TPSA) is 134 Å². The Morgan fingerprint density at radius 3 is 1.11 bits per heavy atom. The van der Waals surface area contributed by atoms with Crippen molar-refractivity contribution in [3.05, 3.63) is 12.2 Å². The standard InChI is InChI=1S/C54H106NO8P/c1-3-5-7-9-11-13-15-17-19-20-21-22-23-24-25-26-27-28-29-30-31-32-33-35-36-38-40-42-44-46-53(56)60-50-52(51-62-64(58,59)61-49-48-55)63-54(57)47-45-43-41-39-37-34-18-16-14-12-10-8-6-4-2/h16,18,52H,3-15,17,19-51,55H2,1-2H3,(H,58,59)/b18-16-. The van der Waals surface area contributed by atoms with Crippen LogP contribution in [0.4, 0.5) is 0 Å². The number of rotatable bonds is 53. The molecule has 0 spiro atoms. The molecular formula is C54H106NO8P. The van der Waals surface area contributed by atoms with Crippen molar-refractivity contribution in [1.29, 1.82) is 0 Å². The molecule has 0 rings (SSSR count). The summed E-state index contributed by atoms with van der Waals surface area (Å²) in [5, 5.41) is 0. The van der Waals surface area contributed by atoms with Crippen LogP contribution in [0.3, 0.4) is 0 Å². The highest BCUT2D eigenvalue weighted by molar-refractivity contribution is 7.47. The normalized spacial score (nSPS) is 13.1. The second kappa shape index (κ2) is 51.1. The fourth-order valence-electron chi connectivity index (χ4n) is 8.28. The van der Waals surface area contributed by atoms with Crippen LogP contribution in [0.1, 0.15) is 290 Å². The molecule has 0 fully saturated rings.